The fourth-order valence-corrected chi connectivity index (χ4v) is 3.66. The fourth-order valence-electron chi connectivity index (χ4n) is 3.18. The highest BCUT2D eigenvalue weighted by Crippen LogP contribution is 2.14. The molecule has 2 amide bonds. The summed E-state index contributed by atoms with van der Waals surface area (Å²) in [5, 5.41) is 7.14. The molecule has 10 heteroatoms. The molecule has 0 saturated heterocycles. The Morgan fingerprint density at radius 2 is 1.71 bits per heavy atom. The van der Waals surface area contributed by atoms with Crippen molar-refractivity contribution in [1.29, 1.82) is 0 Å². The van der Waals surface area contributed by atoms with Crippen molar-refractivity contribution in [3.63, 3.8) is 0 Å². The third-order valence-corrected chi connectivity index (χ3v) is 5.41. The Balaban J connectivity index is 2.20. The second-order valence-electron chi connectivity index (χ2n) is 9.65. The van der Waals surface area contributed by atoms with E-state index in [0.717, 1.165) is 17.1 Å². The van der Waals surface area contributed by atoms with Crippen LogP contribution in [0.4, 0.5) is 0 Å². The van der Waals surface area contributed by atoms with Crippen LogP contribution in [0.15, 0.2) is 47.9 Å². The van der Waals surface area contributed by atoms with Crippen LogP contribution in [0.5, 0.6) is 0 Å². The van der Waals surface area contributed by atoms with E-state index < -0.39 is 45.3 Å². The Bertz CT molecular complexity index is 1220. The Kier molecular flexibility index (Phi) is 9.14. The van der Waals surface area contributed by atoms with Crippen LogP contribution in [0, 0.1) is 5.92 Å². The summed E-state index contributed by atoms with van der Waals surface area (Å²) >= 11 is 0. The molecule has 0 saturated carbocycles. The average Bonchev–Trinajstić information content (AvgIpc) is 2.73. The summed E-state index contributed by atoms with van der Waals surface area (Å²) in [6, 6.07) is 8.79. The van der Waals surface area contributed by atoms with Crippen molar-refractivity contribution < 1.29 is 27.5 Å². The Morgan fingerprint density at radius 1 is 1.06 bits per heavy atom. The van der Waals surface area contributed by atoms with E-state index in [4.69, 9.17) is 4.74 Å². The monoisotopic (exact) mass is 503 g/mol. The number of hydrogen-bond donors (Lipinski definition) is 2. The number of aromatic nitrogens is 1. The molecule has 35 heavy (non-hydrogen) atoms. The minimum Gasteiger partial charge on any atom is -0.460 e. The molecule has 0 aliphatic carbocycles. The largest absolute Gasteiger partial charge is 0.460 e. The number of pyridine rings is 1. The number of nitrogens with one attached hydrogen (secondary N) is 2. The van der Waals surface area contributed by atoms with Crippen molar-refractivity contribution in [2.45, 2.75) is 58.7 Å². The van der Waals surface area contributed by atoms with Crippen molar-refractivity contribution in [1.82, 2.24) is 15.6 Å². The number of ether oxygens (including phenoxy) is 1. The maximum absolute atomic E-state index is 13.1. The summed E-state index contributed by atoms with van der Waals surface area (Å²) in [4.78, 5) is 42.6. The molecule has 2 aromatic rings. The maximum Gasteiger partial charge on any atom is 0.308 e. The summed E-state index contributed by atoms with van der Waals surface area (Å²) in [5.74, 6) is -2.01. The molecule has 1 aromatic heterocycles. The number of benzene rings is 1. The molecule has 9 nitrogen and oxygen atoms in total. The summed E-state index contributed by atoms with van der Waals surface area (Å²) in [5.41, 5.74) is 0.0616. The van der Waals surface area contributed by atoms with Crippen LogP contribution in [0.1, 0.15) is 51.5 Å². The van der Waals surface area contributed by atoms with Gasteiger partial charge in [0.2, 0.25) is 5.91 Å². The normalized spacial score (nSPS) is 14.0. The Morgan fingerprint density at radius 3 is 2.31 bits per heavy atom. The van der Waals surface area contributed by atoms with Crippen LogP contribution in [-0.4, -0.2) is 55.1 Å². The number of esters is 1. The smallest absolute Gasteiger partial charge is 0.308 e. The van der Waals surface area contributed by atoms with E-state index in [1.165, 1.54) is 6.08 Å². The van der Waals surface area contributed by atoms with E-state index in [1.54, 1.807) is 52.8 Å². The van der Waals surface area contributed by atoms with Crippen LogP contribution in [-0.2, 0) is 24.2 Å². The number of sulfone groups is 1. The van der Waals surface area contributed by atoms with Crippen LogP contribution in [0.25, 0.3) is 10.9 Å². The van der Waals surface area contributed by atoms with E-state index in [9.17, 15) is 22.8 Å². The van der Waals surface area contributed by atoms with Gasteiger partial charge in [-0.15, -0.1) is 0 Å². The number of para-hydroxylation sites is 1. The summed E-state index contributed by atoms with van der Waals surface area (Å²) in [6.45, 7) is 8.63. The van der Waals surface area contributed by atoms with Gasteiger partial charge < -0.3 is 15.4 Å². The standard InChI is InChI=1S/C25H33N3O6S/c1-16(2)22(28-23(30)20-12-11-17-9-7-8-10-19(17)27-20)24(31)26-18(13-14-35(6,32)33)15-21(29)34-25(3,4)5/h7-14,16,18,22H,15H2,1-6H3,(H,26,31)(H,28,30)/b14-13+/t18-,22-/m1/s1. The number of amides is 2. The number of carbonyl (C=O) groups is 3. The highest BCUT2D eigenvalue weighted by molar-refractivity contribution is 7.93. The molecule has 1 heterocycles. The molecule has 0 aliphatic heterocycles. The second kappa shape index (κ2) is 11.4. The van der Waals surface area contributed by atoms with Gasteiger partial charge in [0, 0.05) is 17.1 Å². The number of nitrogens with zero attached hydrogens (tertiary/aromatic N) is 1. The van der Waals surface area contributed by atoms with Crippen LogP contribution >= 0.6 is 0 Å². The summed E-state index contributed by atoms with van der Waals surface area (Å²) in [6.07, 6.45) is 1.95. The fraction of sp³-hybridized carbons (Fsp3) is 0.440. The number of hydrogen-bond acceptors (Lipinski definition) is 7. The molecule has 0 spiro atoms. The Hall–Kier alpha value is -3.27. The molecular formula is C25H33N3O6S. The predicted octanol–water partition coefficient (Wildman–Crippen LogP) is 2.76. The first kappa shape index (κ1) is 28.0. The van der Waals surface area contributed by atoms with Gasteiger partial charge in [0.15, 0.2) is 9.84 Å². The maximum atomic E-state index is 13.1. The van der Waals surface area contributed by atoms with Gasteiger partial charge in [-0.25, -0.2) is 13.4 Å². The van der Waals surface area contributed by atoms with Crippen molar-refractivity contribution in [2.75, 3.05) is 6.26 Å². The Labute approximate surface area is 206 Å². The van der Waals surface area contributed by atoms with E-state index in [2.05, 4.69) is 15.6 Å². The van der Waals surface area contributed by atoms with Crippen molar-refractivity contribution in [2.24, 2.45) is 5.92 Å². The van der Waals surface area contributed by atoms with Crippen molar-refractivity contribution >= 4 is 38.5 Å². The average molecular weight is 504 g/mol. The lowest BCUT2D eigenvalue weighted by atomic mass is 10.0. The third-order valence-electron chi connectivity index (χ3n) is 4.76. The third kappa shape index (κ3) is 9.48. The van der Waals surface area contributed by atoms with Crippen molar-refractivity contribution in [3.8, 4) is 0 Å². The van der Waals surface area contributed by atoms with Gasteiger partial charge in [-0.3, -0.25) is 14.4 Å². The molecule has 0 radical (unpaired) electrons. The van der Waals surface area contributed by atoms with Crippen molar-refractivity contribution in [3.05, 3.63) is 53.6 Å². The molecule has 190 valence electrons. The summed E-state index contributed by atoms with van der Waals surface area (Å²) < 4.78 is 28.5. The lowest BCUT2D eigenvalue weighted by Crippen LogP contribution is -2.52. The lowest BCUT2D eigenvalue weighted by molar-refractivity contribution is -0.155. The molecule has 0 fully saturated rings. The molecule has 0 bridgehead atoms. The van der Waals surface area contributed by atoms with Crippen LogP contribution < -0.4 is 10.6 Å². The molecule has 2 atom stereocenters. The summed E-state index contributed by atoms with van der Waals surface area (Å²) in [7, 11) is -3.50. The van der Waals surface area contributed by atoms with Gasteiger partial charge in [-0.1, -0.05) is 44.2 Å². The molecule has 0 aliphatic rings. The van der Waals surface area contributed by atoms with E-state index in [-0.39, 0.29) is 18.0 Å². The van der Waals surface area contributed by atoms with E-state index in [0.29, 0.717) is 5.52 Å². The number of rotatable bonds is 9. The first-order valence-electron chi connectivity index (χ1n) is 11.2. The predicted molar refractivity (Wildman–Crippen MR) is 134 cm³/mol. The van der Waals surface area contributed by atoms with Gasteiger partial charge in [0.1, 0.15) is 17.3 Å². The minimum absolute atomic E-state index is 0.157. The zero-order valence-electron chi connectivity index (χ0n) is 20.9. The lowest BCUT2D eigenvalue weighted by Gasteiger charge is -2.25. The second-order valence-corrected chi connectivity index (χ2v) is 11.6. The van der Waals surface area contributed by atoms with Crippen LogP contribution in [0.3, 0.4) is 0 Å². The SMILES string of the molecule is CC(C)[C@@H](NC(=O)c1ccc2ccccc2n1)C(=O)N[C@H](/C=C/S(C)(=O)=O)CC(=O)OC(C)(C)C. The van der Waals surface area contributed by atoms with Gasteiger partial charge in [-0.05, 0) is 38.8 Å². The van der Waals surface area contributed by atoms with E-state index >= 15 is 0 Å². The topological polar surface area (TPSA) is 132 Å². The minimum atomic E-state index is -3.50. The number of carbonyl (C=O) groups excluding carboxylic acids is 3. The van der Waals surface area contributed by atoms with Gasteiger partial charge in [0.25, 0.3) is 5.91 Å². The zero-order chi connectivity index (χ0) is 26.4. The highest BCUT2D eigenvalue weighted by Gasteiger charge is 2.28. The molecular weight excluding hydrogens is 470 g/mol. The van der Waals surface area contributed by atoms with Gasteiger partial charge in [0.05, 0.1) is 18.0 Å². The highest BCUT2D eigenvalue weighted by atomic mass is 32.2. The van der Waals surface area contributed by atoms with Crippen LogP contribution in [0.2, 0.25) is 0 Å². The first-order chi connectivity index (χ1) is 16.1. The molecule has 2 rings (SSSR count). The number of fused-ring (bicyclic) bond motifs is 1. The van der Waals surface area contributed by atoms with Gasteiger partial charge in [-0.2, -0.15) is 0 Å². The molecule has 0 unspecified atom stereocenters. The van der Waals surface area contributed by atoms with Gasteiger partial charge >= 0.3 is 5.97 Å². The first-order valence-corrected chi connectivity index (χ1v) is 13.2. The molecule has 2 N–H and O–H groups in total. The quantitative estimate of drug-likeness (QED) is 0.503. The zero-order valence-corrected chi connectivity index (χ0v) is 21.7. The molecule has 1 aromatic carbocycles. The van der Waals surface area contributed by atoms with E-state index in [1.807, 2.05) is 18.2 Å².